The van der Waals surface area contributed by atoms with Crippen molar-refractivity contribution in [3.63, 3.8) is 0 Å². The summed E-state index contributed by atoms with van der Waals surface area (Å²) in [5.41, 5.74) is 1.96. The van der Waals surface area contributed by atoms with E-state index in [1.54, 1.807) is 35.0 Å². The molecule has 0 atom stereocenters. The molecular weight excluding hydrogens is 383 g/mol. The van der Waals surface area contributed by atoms with E-state index in [2.05, 4.69) is 9.97 Å². The van der Waals surface area contributed by atoms with Crippen molar-refractivity contribution in [2.24, 2.45) is 0 Å². The summed E-state index contributed by atoms with van der Waals surface area (Å²) in [5, 5.41) is 2.48. The van der Waals surface area contributed by atoms with Gasteiger partial charge in [0.05, 0.1) is 11.2 Å². The molecule has 0 aliphatic heterocycles. The Kier molecular flexibility index (Phi) is 3.13. The number of aromatic nitrogens is 2. The fourth-order valence-corrected chi connectivity index (χ4v) is 3.14. The molecule has 2 aromatic heterocycles. The zero-order valence-corrected chi connectivity index (χ0v) is 12.6. The van der Waals surface area contributed by atoms with Crippen molar-refractivity contribution in [2.45, 2.75) is 0 Å². The highest BCUT2D eigenvalue weighted by Gasteiger charge is 2.10. The third-order valence-electron chi connectivity index (χ3n) is 2.58. The standard InChI is InChI=1S/C12H6ClIN2OS/c13-8-4-15-9-2-1-6(3-7(8)9)12-16-5-10(18-12)11(14)17/h1-5,15H. The molecule has 6 heteroatoms. The number of benzene rings is 1. The molecule has 0 bridgehead atoms. The number of H-pyrrole nitrogens is 1. The van der Waals surface area contributed by atoms with Gasteiger partial charge in [-0.1, -0.05) is 11.6 Å². The van der Waals surface area contributed by atoms with Crippen molar-refractivity contribution in [3.05, 3.63) is 40.5 Å². The average molecular weight is 389 g/mol. The largest absolute Gasteiger partial charge is 0.360 e. The van der Waals surface area contributed by atoms with Crippen molar-refractivity contribution < 1.29 is 4.79 Å². The molecule has 0 unspecified atom stereocenters. The lowest BCUT2D eigenvalue weighted by Gasteiger charge is -1.97. The zero-order valence-electron chi connectivity index (χ0n) is 8.91. The van der Waals surface area contributed by atoms with Gasteiger partial charge in [-0.15, -0.1) is 11.3 Å². The van der Waals surface area contributed by atoms with Crippen LogP contribution in [0.25, 0.3) is 21.5 Å². The highest BCUT2D eigenvalue weighted by atomic mass is 127. The Balaban J connectivity index is 2.12. The van der Waals surface area contributed by atoms with Gasteiger partial charge in [0.25, 0.3) is 0 Å². The summed E-state index contributed by atoms with van der Waals surface area (Å²) in [7, 11) is 0. The van der Waals surface area contributed by atoms with Crippen LogP contribution in [-0.2, 0) is 0 Å². The van der Waals surface area contributed by atoms with Crippen molar-refractivity contribution in [1.29, 1.82) is 0 Å². The van der Waals surface area contributed by atoms with Gasteiger partial charge in [0.1, 0.15) is 9.88 Å². The lowest BCUT2D eigenvalue weighted by molar-refractivity contribution is 0.110. The van der Waals surface area contributed by atoms with Gasteiger partial charge < -0.3 is 4.98 Å². The first-order valence-corrected chi connectivity index (χ1v) is 7.35. The molecular formula is C12H6ClIN2OS. The summed E-state index contributed by atoms with van der Waals surface area (Å²) in [4.78, 5) is 19.3. The van der Waals surface area contributed by atoms with Crippen molar-refractivity contribution >= 4 is 60.2 Å². The predicted molar refractivity (Wildman–Crippen MR) is 82.8 cm³/mol. The number of carbonyl (C=O) groups is 1. The monoisotopic (exact) mass is 388 g/mol. The average Bonchev–Trinajstić information content (AvgIpc) is 2.96. The summed E-state index contributed by atoms with van der Waals surface area (Å²) < 4.78 is 0.0112. The third-order valence-corrected chi connectivity index (χ3v) is 4.88. The number of carbonyl (C=O) groups excluding carboxylic acids is 1. The van der Waals surface area contributed by atoms with Crippen LogP contribution in [0.4, 0.5) is 0 Å². The van der Waals surface area contributed by atoms with Gasteiger partial charge in [-0.05, 0) is 18.2 Å². The topological polar surface area (TPSA) is 45.8 Å². The molecule has 0 fully saturated rings. The number of hydrogen-bond acceptors (Lipinski definition) is 3. The first-order valence-electron chi connectivity index (χ1n) is 5.08. The molecule has 90 valence electrons. The second kappa shape index (κ2) is 4.64. The van der Waals surface area contributed by atoms with Crippen molar-refractivity contribution in [3.8, 4) is 10.6 Å². The van der Waals surface area contributed by atoms with Crippen LogP contribution in [-0.4, -0.2) is 13.8 Å². The lowest BCUT2D eigenvalue weighted by Crippen LogP contribution is -1.77. The highest BCUT2D eigenvalue weighted by Crippen LogP contribution is 2.31. The Morgan fingerprint density at radius 1 is 1.44 bits per heavy atom. The summed E-state index contributed by atoms with van der Waals surface area (Å²) in [5.74, 6) is 0. The number of thiazole rings is 1. The molecule has 0 radical (unpaired) electrons. The number of hydrogen-bond donors (Lipinski definition) is 1. The second-order valence-corrected chi connectivity index (χ2v) is 6.12. The molecule has 0 saturated heterocycles. The first-order chi connectivity index (χ1) is 8.65. The normalized spacial score (nSPS) is 11.0. The number of fused-ring (bicyclic) bond motifs is 1. The molecule has 3 rings (SSSR count). The van der Waals surface area contributed by atoms with Gasteiger partial charge in [-0.25, -0.2) is 4.98 Å². The van der Waals surface area contributed by atoms with E-state index in [0.29, 0.717) is 9.90 Å². The van der Waals surface area contributed by atoms with Crippen LogP contribution in [0.15, 0.2) is 30.6 Å². The molecule has 0 saturated carbocycles. The van der Waals surface area contributed by atoms with Crippen LogP contribution in [0.2, 0.25) is 5.02 Å². The van der Waals surface area contributed by atoms with Gasteiger partial charge in [0.2, 0.25) is 3.79 Å². The molecule has 0 spiro atoms. The maximum Gasteiger partial charge on any atom is 0.233 e. The fourth-order valence-electron chi connectivity index (χ4n) is 1.72. The Bertz CT molecular complexity index is 749. The molecule has 18 heavy (non-hydrogen) atoms. The van der Waals surface area contributed by atoms with Crippen molar-refractivity contribution in [2.75, 3.05) is 0 Å². The van der Waals surface area contributed by atoms with E-state index in [0.717, 1.165) is 21.5 Å². The number of halogens is 2. The Hall–Kier alpha value is -0.920. The molecule has 0 aliphatic carbocycles. The molecule has 3 aromatic rings. The smallest absolute Gasteiger partial charge is 0.233 e. The maximum absolute atomic E-state index is 11.2. The molecule has 1 aromatic carbocycles. The van der Waals surface area contributed by atoms with E-state index < -0.39 is 0 Å². The Morgan fingerprint density at radius 2 is 2.28 bits per heavy atom. The summed E-state index contributed by atoms with van der Waals surface area (Å²) in [6.07, 6.45) is 3.37. The number of nitrogens with zero attached hydrogens (tertiary/aromatic N) is 1. The third kappa shape index (κ3) is 2.06. The Labute approximate surface area is 125 Å². The van der Waals surface area contributed by atoms with E-state index in [4.69, 9.17) is 11.6 Å². The van der Waals surface area contributed by atoms with E-state index in [9.17, 15) is 4.79 Å². The number of aromatic amines is 1. The number of nitrogens with one attached hydrogen (secondary N) is 1. The highest BCUT2D eigenvalue weighted by molar-refractivity contribution is 14.1. The van der Waals surface area contributed by atoms with Crippen molar-refractivity contribution in [1.82, 2.24) is 9.97 Å². The Morgan fingerprint density at radius 3 is 3.00 bits per heavy atom. The van der Waals surface area contributed by atoms with Crippen LogP contribution in [0.3, 0.4) is 0 Å². The van der Waals surface area contributed by atoms with E-state index in [-0.39, 0.29) is 3.79 Å². The van der Waals surface area contributed by atoms with Crippen LogP contribution in [0.1, 0.15) is 9.67 Å². The molecule has 0 aliphatic rings. The van der Waals surface area contributed by atoms with Crippen LogP contribution < -0.4 is 0 Å². The molecule has 3 nitrogen and oxygen atoms in total. The van der Waals surface area contributed by atoms with Crippen LogP contribution in [0.5, 0.6) is 0 Å². The van der Waals surface area contributed by atoms with Gasteiger partial charge in [0, 0.05) is 45.3 Å². The minimum absolute atomic E-state index is 0.0112. The lowest BCUT2D eigenvalue weighted by atomic mass is 10.2. The zero-order chi connectivity index (χ0) is 12.7. The van der Waals surface area contributed by atoms with E-state index >= 15 is 0 Å². The summed E-state index contributed by atoms with van der Waals surface area (Å²) >= 11 is 9.24. The molecule has 2 heterocycles. The van der Waals surface area contributed by atoms with Crippen LogP contribution in [0, 0.1) is 0 Å². The molecule has 1 N–H and O–H groups in total. The SMILES string of the molecule is O=C(I)c1cnc(-c2ccc3[nH]cc(Cl)c3c2)s1. The fraction of sp³-hybridized carbons (Fsp3) is 0. The van der Waals surface area contributed by atoms with E-state index in [1.165, 1.54) is 11.3 Å². The van der Waals surface area contributed by atoms with Gasteiger partial charge >= 0.3 is 0 Å². The van der Waals surface area contributed by atoms with Gasteiger partial charge in [0.15, 0.2) is 0 Å². The predicted octanol–water partition coefficient (Wildman–Crippen LogP) is 4.52. The summed E-state index contributed by atoms with van der Waals surface area (Å²) in [6.45, 7) is 0. The van der Waals surface area contributed by atoms with E-state index in [1.807, 2.05) is 18.2 Å². The number of rotatable bonds is 2. The minimum atomic E-state index is 0.0112. The maximum atomic E-state index is 11.2. The van der Waals surface area contributed by atoms with Gasteiger partial charge in [-0.3, -0.25) is 4.79 Å². The summed E-state index contributed by atoms with van der Waals surface area (Å²) in [6, 6.07) is 5.91. The first kappa shape index (κ1) is 12.1. The minimum Gasteiger partial charge on any atom is -0.360 e. The van der Waals surface area contributed by atoms with Gasteiger partial charge in [-0.2, -0.15) is 0 Å². The van der Waals surface area contributed by atoms with Crippen LogP contribution >= 0.6 is 45.5 Å². The quantitative estimate of drug-likeness (QED) is 0.518. The molecule has 0 amide bonds. The second-order valence-electron chi connectivity index (χ2n) is 3.70.